The molecular formula is C24H27FN2O3. The Morgan fingerprint density at radius 2 is 1.67 bits per heavy atom. The van der Waals surface area contributed by atoms with Crippen LogP contribution >= 0.6 is 0 Å². The molecule has 0 aromatic heterocycles. The average Bonchev–Trinajstić information content (AvgIpc) is 3.27. The first kappa shape index (κ1) is 20.5. The maximum absolute atomic E-state index is 13.5. The zero-order valence-electron chi connectivity index (χ0n) is 17.3. The van der Waals surface area contributed by atoms with Crippen molar-refractivity contribution in [2.24, 2.45) is 11.8 Å². The van der Waals surface area contributed by atoms with Gasteiger partial charge in [-0.1, -0.05) is 51.3 Å². The molecule has 4 rings (SSSR count). The number of hydrogen-bond donors (Lipinski definition) is 0. The van der Waals surface area contributed by atoms with E-state index in [0.717, 1.165) is 36.3 Å². The van der Waals surface area contributed by atoms with E-state index in [9.17, 15) is 14.0 Å². The molecule has 6 heteroatoms. The summed E-state index contributed by atoms with van der Waals surface area (Å²) in [7, 11) is 0. The lowest BCUT2D eigenvalue weighted by Gasteiger charge is -2.33. The van der Waals surface area contributed by atoms with Crippen molar-refractivity contribution in [3.05, 3.63) is 60.4 Å². The minimum absolute atomic E-state index is 0.213. The Balaban J connectivity index is 1.71. The van der Waals surface area contributed by atoms with Gasteiger partial charge in [-0.2, -0.15) is 0 Å². The van der Waals surface area contributed by atoms with Gasteiger partial charge in [0.1, 0.15) is 5.82 Å². The topological polar surface area (TPSA) is 49.9 Å². The van der Waals surface area contributed by atoms with E-state index < -0.39 is 17.8 Å². The van der Waals surface area contributed by atoms with Gasteiger partial charge in [0.2, 0.25) is 5.91 Å². The average molecular weight is 410 g/mol. The van der Waals surface area contributed by atoms with Crippen LogP contribution in [0.3, 0.4) is 0 Å². The molecular weight excluding hydrogens is 383 g/mol. The molecule has 30 heavy (non-hydrogen) atoms. The summed E-state index contributed by atoms with van der Waals surface area (Å²) in [6, 6.07) is 14.9. The summed E-state index contributed by atoms with van der Waals surface area (Å²) in [5, 5.41) is 1.79. The predicted octanol–water partition coefficient (Wildman–Crippen LogP) is 4.72. The molecule has 2 aromatic rings. The Labute approximate surface area is 176 Å². The molecule has 2 aliphatic rings. The van der Waals surface area contributed by atoms with Crippen LogP contribution in [0.2, 0.25) is 0 Å². The van der Waals surface area contributed by atoms with E-state index in [2.05, 4.69) is 13.8 Å². The van der Waals surface area contributed by atoms with Crippen LogP contribution in [0.15, 0.2) is 54.6 Å². The van der Waals surface area contributed by atoms with E-state index in [1.54, 1.807) is 5.06 Å². The zero-order chi connectivity index (χ0) is 21.3. The number of halogens is 1. The fourth-order valence-corrected chi connectivity index (χ4v) is 4.66. The lowest BCUT2D eigenvalue weighted by atomic mass is 9.82. The molecule has 0 saturated carbocycles. The molecule has 2 aromatic carbocycles. The third-order valence-corrected chi connectivity index (χ3v) is 6.19. The minimum Gasteiger partial charge on any atom is -0.273 e. The van der Waals surface area contributed by atoms with Gasteiger partial charge in [0.25, 0.3) is 5.91 Å². The van der Waals surface area contributed by atoms with Gasteiger partial charge >= 0.3 is 0 Å². The summed E-state index contributed by atoms with van der Waals surface area (Å²) in [4.78, 5) is 34.0. The first-order chi connectivity index (χ1) is 14.6. The molecule has 2 saturated heterocycles. The number of hydrogen-bond acceptors (Lipinski definition) is 4. The number of anilines is 2. The molecule has 0 bridgehead atoms. The van der Waals surface area contributed by atoms with E-state index in [0.29, 0.717) is 5.69 Å². The van der Waals surface area contributed by atoms with Crippen molar-refractivity contribution in [2.75, 3.05) is 9.96 Å². The molecule has 158 valence electrons. The SMILES string of the molecule is CCCC[C@H](CC)[C@H]1[C@H]2C(=O)N(c3ccc(F)cc3)C(=O)[C@@H]2ON1c1ccccc1. The number of hydroxylamine groups is 1. The van der Waals surface area contributed by atoms with Gasteiger partial charge in [-0.25, -0.2) is 14.4 Å². The molecule has 2 amide bonds. The summed E-state index contributed by atoms with van der Waals surface area (Å²) >= 11 is 0. The molecule has 0 aliphatic carbocycles. The molecule has 0 N–H and O–H groups in total. The number of nitrogens with zero attached hydrogens (tertiary/aromatic N) is 2. The molecule has 5 nitrogen and oxygen atoms in total. The maximum Gasteiger partial charge on any atom is 0.266 e. The number of fused-ring (bicyclic) bond motifs is 1. The first-order valence-electron chi connectivity index (χ1n) is 10.7. The smallest absolute Gasteiger partial charge is 0.266 e. The highest BCUT2D eigenvalue weighted by Gasteiger charge is 2.61. The van der Waals surface area contributed by atoms with Crippen molar-refractivity contribution < 1.29 is 18.8 Å². The molecule has 0 spiro atoms. The van der Waals surface area contributed by atoms with Gasteiger partial charge in [-0.3, -0.25) is 14.4 Å². The third-order valence-electron chi connectivity index (χ3n) is 6.19. The van der Waals surface area contributed by atoms with Crippen molar-refractivity contribution >= 4 is 23.2 Å². The molecule has 0 radical (unpaired) electrons. The fraction of sp³-hybridized carbons (Fsp3) is 0.417. The highest BCUT2D eigenvalue weighted by atomic mass is 19.1. The summed E-state index contributed by atoms with van der Waals surface area (Å²) < 4.78 is 13.3. The van der Waals surface area contributed by atoms with Gasteiger partial charge in [-0.05, 0) is 48.7 Å². The van der Waals surface area contributed by atoms with E-state index in [1.165, 1.54) is 24.3 Å². The number of amides is 2. The summed E-state index contributed by atoms with van der Waals surface area (Å²) in [6.07, 6.45) is 3.12. The highest BCUT2D eigenvalue weighted by molar-refractivity contribution is 6.23. The second kappa shape index (κ2) is 8.56. The lowest BCUT2D eigenvalue weighted by Crippen LogP contribution is -2.44. The Bertz CT molecular complexity index is 902. The van der Waals surface area contributed by atoms with Crippen LogP contribution in [0.25, 0.3) is 0 Å². The van der Waals surface area contributed by atoms with Crippen molar-refractivity contribution in [2.45, 2.75) is 51.7 Å². The molecule has 2 fully saturated rings. The first-order valence-corrected chi connectivity index (χ1v) is 10.7. The number of unbranched alkanes of at least 4 members (excludes halogenated alkanes) is 1. The Morgan fingerprint density at radius 3 is 2.30 bits per heavy atom. The van der Waals surface area contributed by atoms with Crippen molar-refractivity contribution in [3.63, 3.8) is 0 Å². The maximum atomic E-state index is 13.5. The van der Waals surface area contributed by atoms with Crippen molar-refractivity contribution in [1.29, 1.82) is 0 Å². The number of benzene rings is 2. The predicted molar refractivity (Wildman–Crippen MR) is 113 cm³/mol. The zero-order valence-corrected chi connectivity index (χ0v) is 17.3. The van der Waals surface area contributed by atoms with Gasteiger partial charge in [0.05, 0.1) is 23.3 Å². The normalized spacial score (nSPS) is 24.4. The number of rotatable bonds is 7. The van der Waals surface area contributed by atoms with Gasteiger partial charge < -0.3 is 0 Å². The Hall–Kier alpha value is -2.73. The number of imide groups is 1. The standard InChI is InChI=1S/C24H27FN2O3/c1-3-5-9-16(4-2)21-20-22(30-27(21)19-10-7-6-8-11-19)24(29)26(23(20)28)18-14-12-17(25)13-15-18/h6-8,10-16,20-22H,3-5,9H2,1-2H3/t16-,20+,21-,22+/m0/s1. The molecule has 2 heterocycles. The van der Waals surface area contributed by atoms with Crippen LogP contribution < -0.4 is 9.96 Å². The van der Waals surface area contributed by atoms with Crippen LogP contribution in [0.5, 0.6) is 0 Å². The van der Waals surface area contributed by atoms with Gasteiger partial charge in [-0.15, -0.1) is 0 Å². The molecule has 4 atom stereocenters. The van der Waals surface area contributed by atoms with Gasteiger partial charge in [0.15, 0.2) is 6.10 Å². The van der Waals surface area contributed by atoms with Crippen LogP contribution in [0.4, 0.5) is 15.8 Å². The van der Waals surface area contributed by atoms with Crippen LogP contribution in [0, 0.1) is 17.7 Å². The van der Waals surface area contributed by atoms with E-state index in [4.69, 9.17) is 4.84 Å². The van der Waals surface area contributed by atoms with Crippen LogP contribution in [-0.4, -0.2) is 24.0 Å². The van der Waals surface area contributed by atoms with E-state index in [1.807, 2.05) is 30.3 Å². The molecule has 2 aliphatic heterocycles. The summed E-state index contributed by atoms with van der Waals surface area (Å²) in [6.45, 7) is 4.27. The second-order valence-electron chi connectivity index (χ2n) is 8.00. The van der Waals surface area contributed by atoms with Crippen molar-refractivity contribution in [1.82, 2.24) is 0 Å². The van der Waals surface area contributed by atoms with E-state index in [-0.39, 0.29) is 23.8 Å². The fourth-order valence-electron chi connectivity index (χ4n) is 4.66. The monoisotopic (exact) mass is 410 g/mol. The van der Waals surface area contributed by atoms with Gasteiger partial charge in [0, 0.05) is 0 Å². The number of carbonyl (C=O) groups excluding carboxylic acids is 2. The van der Waals surface area contributed by atoms with Crippen molar-refractivity contribution in [3.8, 4) is 0 Å². The quantitative estimate of drug-likeness (QED) is 0.620. The van der Waals surface area contributed by atoms with Crippen LogP contribution in [-0.2, 0) is 14.4 Å². The summed E-state index contributed by atoms with van der Waals surface area (Å²) in [5.41, 5.74) is 1.23. The number of para-hydroxylation sites is 1. The Kier molecular flexibility index (Phi) is 5.86. The number of carbonyl (C=O) groups is 2. The largest absolute Gasteiger partial charge is 0.273 e. The lowest BCUT2D eigenvalue weighted by molar-refractivity contribution is -0.126. The van der Waals surface area contributed by atoms with E-state index >= 15 is 0 Å². The highest BCUT2D eigenvalue weighted by Crippen LogP contribution is 2.44. The Morgan fingerprint density at radius 1 is 0.967 bits per heavy atom. The summed E-state index contributed by atoms with van der Waals surface area (Å²) in [5.74, 6) is -1.43. The molecule has 0 unspecified atom stereocenters. The van der Waals surface area contributed by atoms with Crippen LogP contribution in [0.1, 0.15) is 39.5 Å². The third kappa shape index (κ3) is 3.49. The minimum atomic E-state index is -0.858. The second-order valence-corrected chi connectivity index (χ2v) is 8.00.